The van der Waals surface area contributed by atoms with E-state index in [0.717, 1.165) is 11.1 Å². The van der Waals surface area contributed by atoms with Gasteiger partial charge in [0.1, 0.15) is 0 Å². The summed E-state index contributed by atoms with van der Waals surface area (Å²) in [5, 5.41) is 23.3. The fourth-order valence-electron chi connectivity index (χ4n) is 2.41. The quantitative estimate of drug-likeness (QED) is 0.488. The average molecular weight is 364 g/mol. The van der Waals surface area contributed by atoms with Crippen LogP contribution in [0.4, 0.5) is 11.4 Å². The van der Waals surface area contributed by atoms with E-state index in [1.54, 1.807) is 30.3 Å². The Morgan fingerprint density at radius 2 is 1.96 bits per heavy atom. The van der Waals surface area contributed by atoms with Crippen LogP contribution in [0.5, 0.6) is 0 Å². The number of anilines is 1. The lowest BCUT2D eigenvalue weighted by Gasteiger charge is -2.16. The van der Waals surface area contributed by atoms with Crippen LogP contribution in [0, 0.1) is 10.1 Å². The van der Waals surface area contributed by atoms with Gasteiger partial charge in [0, 0.05) is 24.6 Å². The van der Waals surface area contributed by atoms with E-state index in [2.05, 4.69) is 5.32 Å². The van der Waals surface area contributed by atoms with E-state index in [1.807, 2.05) is 0 Å². The van der Waals surface area contributed by atoms with Crippen molar-refractivity contribution in [3.63, 3.8) is 0 Å². The summed E-state index contributed by atoms with van der Waals surface area (Å²) in [6, 6.07) is 11.4. The third-order valence-corrected chi connectivity index (χ3v) is 4.13. The Hall–Kier alpha value is -2.64. The molecular weight excluding hydrogens is 346 g/mol. The Morgan fingerprint density at radius 1 is 1.28 bits per heavy atom. The maximum atomic E-state index is 10.9. The van der Waals surface area contributed by atoms with Crippen molar-refractivity contribution < 1.29 is 14.8 Å². The van der Waals surface area contributed by atoms with Gasteiger partial charge >= 0.3 is 5.97 Å². The van der Waals surface area contributed by atoms with E-state index in [1.165, 1.54) is 12.1 Å². The molecule has 0 aliphatic carbocycles. The van der Waals surface area contributed by atoms with Gasteiger partial charge in [-0.2, -0.15) is 0 Å². The number of non-ortho nitro benzene ring substituents is 1. The van der Waals surface area contributed by atoms with E-state index in [4.69, 9.17) is 22.4 Å². The molecule has 1 atom stereocenters. The summed E-state index contributed by atoms with van der Waals surface area (Å²) < 4.78 is 0. The predicted octanol–water partition coefficient (Wildman–Crippen LogP) is 3.38. The molecule has 2 aromatic rings. The second kappa shape index (κ2) is 8.46. The number of hydrogen-bond donors (Lipinski definition) is 3. The minimum Gasteiger partial charge on any atom is -0.481 e. The number of rotatable bonds is 8. The largest absolute Gasteiger partial charge is 0.481 e. The number of nitrogens with one attached hydrogen (secondary N) is 1. The van der Waals surface area contributed by atoms with Crippen molar-refractivity contribution in [2.75, 3.05) is 11.9 Å². The number of hydrogen-bond acceptors (Lipinski definition) is 5. The highest BCUT2D eigenvalue weighted by atomic mass is 35.5. The first-order valence-electron chi connectivity index (χ1n) is 7.59. The first-order chi connectivity index (χ1) is 11.9. The number of halogens is 1. The molecule has 0 unspecified atom stereocenters. The van der Waals surface area contributed by atoms with Gasteiger partial charge in [0.2, 0.25) is 0 Å². The number of carbonyl (C=O) groups is 1. The lowest BCUT2D eigenvalue weighted by Crippen LogP contribution is -2.16. The lowest BCUT2D eigenvalue weighted by molar-refractivity contribution is -0.384. The van der Waals surface area contributed by atoms with Gasteiger partial charge in [-0.05, 0) is 29.8 Å². The van der Waals surface area contributed by atoms with Crippen LogP contribution in [0.25, 0.3) is 0 Å². The molecule has 0 fully saturated rings. The molecule has 7 nitrogen and oxygen atoms in total. The van der Waals surface area contributed by atoms with E-state index in [-0.39, 0.29) is 24.6 Å². The van der Waals surface area contributed by atoms with Crippen LogP contribution in [-0.4, -0.2) is 22.5 Å². The van der Waals surface area contributed by atoms with Crippen LogP contribution in [-0.2, 0) is 11.3 Å². The van der Waals surface area contributed by atoms with Crippen LogP contribution >= 0.6 is 11.6 Å². The molecule has 0 saturated heterocycles. The summed E-state index contributed by atoms with van der Waals surface area (Å²) in [5.41, 5.74) is 8.00. The molecule has 0 aliphatic rings. The van der Waals surface area contributed by atoms with E-state index in [0.29, 0.717) is 17.3 Å². The summed E-state index contributed by atoms with van der Waals surface area (Å²) in [5.74, 6) is -1.21. The number of nitro benzene ring substituents is 1. The molecule has 2 rings (SSSR count). The van der Waals surface area contributed by atoms with Crippen molar-refractivity contribution >= 4 is 28.9 Å². The summed E-state index contributed by atoms with van der Waals surface area (Å²) in [6.07, 6.45) is -0.0556. The number of aliphatic carboxylic acids is 1. The number of nitrogens with zero attached hydrogens (tertiary/aromatic N) is 1. The second-order valence-corrected chi connectivity index (χ2v) is 5.95. The zero-order valence-electron chi connectivity index (χ0n) is 13.3. The molecule has 25 heavy (non-hydrogen) atoms. The standard InChI is InChI=1S/C17H18ClN3O4/c18-15-6-3-12(13(9-19)8-17(22)23)7-16(15)20-10-11-1-4-14(5-2-11)21(24)25/h1-7,13,20H,8-10,19H2,(H,22,23)/t13-/m0/s1. The highest BCUT2D eigenvalue weighted by molar-refractivity contribution is 6.33. The fraction of sp³-hybridized carbons (Fsp3) is 0.235. The number of nitrogens with two attached hydrogens (primary N) is 1. The molecule has 0 saturated carbocycles. The maximum Gasteiger partial charge on any atom is 0.304 e. The first-order valence-corrected chi connectivity index (χ1v) is 7.97. The third kappa shape index (κ3) is 5.17. The molecule has 0 aliphatic heterocycles. The highest BCUT2D eigenvalue weighted by Gasteiger charge is 2.15. The summed E-state index contributed by atoms with van der Waals surface area (Å²) in [6.45, 7) is 0.642. The number of nitro groups is 1. The van der Waals surface area contributed by atoms with Gasteiger partial charge in [-0.25, -0.2) is 0 Å². The van der Waals surface area contributed by atoms with Gasteiger partial charge < -0.3 is 16.2 Å². The minimum absolute atomic E-state index is 0.0308. The molecule has 0 bridgehead atoms. The topological polar surface area (TPSA) is 118 Å². The zero-order valence-corrected chi connectivity index (χ0v) is 14.1. The highest BCUT2D eigenvalue weighted by Crippen LogP contribution is 2.28. The normalized spacial score (nSPS) is 11.8. The van der Waals surface area contributed by atoms with Gasteiger partial charge in [-0.1, -0.05) is 29.8 Å². The van der Waals surface area contributed by atoms with Crippen molar-refractivity contribution in [2.45, 2.75) is 18.9 Å². The minimum atomic E-state index is -0.911. The van der Waals surface area contributed by atoms with Crippen LogP contribution in [0.2, 0.25) is 5.02 Å². The molecule has 4 N–H and O–H groups in total. The maximum absolute atomic E-state index is 10.9. The van der Waals surface area contributed by atoms with Gasteiger partial charge in [0.05, 0.1) is 22.1 Å². The van der Waals surface area contributed by atoms with Gasteiger partial charge in [0.25, 0.3) is 5.69 Å². The molecule has 0 spiro atoms. The first kappa shape index (κ1) is 18.7. The van der Waals surface area contributed by atoms with Crippen molar-refractivity contribution in [3.05, 3.63) is 68.7 Å². The SMILES string of the molecule is NC[C@H](CC(=O)O)c1ccc(Cl)c(NCc2ccc([N+](=O)[O-])cc2)c1. The fourth-order valence-corrected chi connectivity index (χ4v) is 2.60. The van der Waals surface area contributed by atoms with Crippen molar-refractivity contribution in [1.82, 2.24) is 0 Å². The summed E-state index contributed by atoms with van der Waals surface area (Å²) in [7, 11) is 0. The number of carboxylic acid groups (broad SMARTS) is 1. The lowest BCUT2D eigenvalue weighted by atomic mass is 9.95. The summed E-state index contributed by atoms with van der Waals surface area (Å²) >= 11 is 6.18. The van der Waals surface area contributed by atoms with Gasteiger partial charge in [-0.3, -0.25) is 14.9 Å². The van der Waals surface area contributed by atoms with Gasteiger partial charge in [0.15, 0.2) is 0 Å². The second-order valence-electron chi connectivity index (χ2n) is 5.55. The van der Waals surface area contributed by atoms with Crippen molar-refractivity contribution in [2.24, 2.45) is 5.73 Å². The Balaban J connectivity index is 2.12. The zero-order chi connectivity index (χ0) is 18.4. The van der Waals surface area contributed by atoms with Gasteiger partial charge in [-0.15, -0.1) is 0 Å². The van der Waals surface area contributed by atoms with Crippen LogP contribution in [0.3, 0.4) is 0 Å². The van der Waals surface area contributed by atoms with E-state index < -0.39 is 10.9 Å². The summed E-state index contributed by atoms with van der Waals surface area (Å²) in [4.78, 5) is 21.1. The molecule has 0 heterocycles. The van der Waals surface area contributed by atoms with Crippen molar-refractivity contribution in [3.8, 4) is 0 Å². The van der Waals surface area contributed by atoms with E-state index in [9.17, 15) is 14.9 Å². The number of benzene rings is 2. The number of carboxylic acids is 1. The Morgan fingerprint density at radius 3 is 2.52 bits per heavy atom. The third-order valence-electron chi connectivity index (χ3n) is 3.80. The molecule has 8 heteroatoms. The molecule has 2 aromatic carbocycles. The Kier molecular flexibility index (Phi) is 6.32. The monoisotopic (exact) mass is 363 g/mol. The van der Waals surface area contributed by atoms with E-state index >= 15 is 0 Å². The average Bonchev–Trinajstić information content (AvgIpc) is 2.59. The molecule has 0 amide bonds. The molecule has 0 aromatic heterocycles. The smallest absolute Gasteiger partial charge is 0.304 e. The molecular formula is C17H18ClN3O4. The van der Waals surface area contributed by atoms with Crippen LogP contribution in [0.15, 0.2) is 42.5 Å². The van der Waals surface area contributed by atoms with Crippen molar-refractivity contribution in [1.29, 1.82) is 0 Å². The van der Waals surface area contributed by atoms with Crippen LogP contribution in [0.1, 0.15) is 23.5 Å². The Bertz CT molecular complexity index is 765. The van der Waals surface area contributed by atoms with Crippen LogP contribution < -0.4 is 11.1 Å². The molecule has 132 valence electrons. The predicted molar refractivity (Wildman–Crippen MR) is 95.9 cm³/mol. The molecule has 0 radical (unpaired) electrons. The Labute approximate surface area is 149 Å².